The summed E-state index contributed by atoms with van der Waals surface area (Å²) >= 11 is 1.62. The molecule has 0 fully saturated rings. The fourth-order valence-electron chi connectivity index (χ4n) is 2.38. The first-order valence-electron chi connectivity index (χ1n) is 8.40. The summed E-state index contributed by atoms with van der Waals surface area (Å²) in [5.41, 5.74) is 3.48. The maximum atomic E-state index is 12.4. The number of aromatic nitrogens is 1. The highest BCUT2D eigenvalue weighted by Crippen LogP contribution is 2.25. The number of carbonyl (C=O) groups is 1. The Labute approximate surface area is 152 Å². The van der Waals surface area contributed by atoms with Crippen LogP contribution in [0.4, 0.5) is 5.69 Å². The molecule has 1 amide bonds. The first kappa shape index (κ1) is 17.5. The van der Waals surface area contributed by atoms with Gasteiger partial charge in [0.05, 0.1) is 5.25 Å². The van der Waals surface area contributed by atoms with Gasteiger partial charge in [0.1, 0.15) is 5.52 Å². The van der Waals surface area contributed by atoms with E-state index in [0.717, 1.165) is 22.5 Å². The van der Waals surface area contributed by atoms with E-state index < -0.39 is 0 Å². The van der Waals surface area contributed by atoms with E-state index in [1.165, 1.54) is 5.56 Å². The second-order valence-electron chi connectivity index (χ2n) is 6.32. The number of thioether (sulfide) groups is 1. The average molecular weight is 354 g/mol. The molecule has 1 unspecified atom stereocenters. The van der Waals surface area contributed by atoms with Crippen molar-refractivity contribution in [1.82, 2.24) is 4.98 Å². The van der Waals surface area contributed by atoms with Crippen molar-refractivity contribution in [2.24, 2.45) is 0 Å². The third-order valence-electron chi connectivity index (χ3n) is 3.88. The lowest BCUT2D eigenvalue weighted by Gasteiger charge is -2.12. The van der Waals surface area contributed by atoms with Crippen molar-refractivity contribution in [3.8, 4) is 0 Å². The van der Waals surface area contributed by atoms with Gasteiger partial charge in [0, 0.05) is 17.4 Å². The second-order valence-corrected chi connectivity index (χ2v) is 7.65. The lowest BCUT2D eigenvalue weighted by atomic mass is 10.2. The van der Waals surface area contributed by atoms with Crippen molar-refractivity contribution in [3.05, 3.63) is 60.0 Å². The number of fused-ring (bicyclic) bond motifs is 1. The molecular weight excluding hydrogens is 332 g/mol. The highest BCUT2D eigenvalue weighted by molar-refractivity contribution is 7.99. The van der Waals surface area contributed by atoms with E-state index in [4.69, 9.17) is 4.42 Å². The molecule has 1 N–H and O–H groups in total. The molecule has 1 atom stereocenters. The Hall–Kier alpha value is -2.27. The van der Waals surface area contributed by atoms with Crippen LogP contribution in [0.25, 0.3) is 11.1 Å². The molecule has 2 aromatic carbocycles. The number of nitrogens with one attached hydrogen (secondary N) is 1. The van der Waals surface area contributed by atoms with Crippen LogP contribution in [-0.4, -0.2) is 16.1 Å². The van der Waals surface area contributed by atoms with Gasteiger partial charge in [-0.3, -0.25) is 4.79 Å². The monoisotopic (exact) mass is 354 g/mol. The number of oxazole rings is 1. The Balaban J connectivity index is 1.62. The number of anilines is 1. The predicted molar refractivity (Wildman–Crippen MR) is 104 cm³/mol. The van der Waals surface area contributed by atoms with Gasteiger partial charge in [0.25, 0.3) is 0 Å². The number of hydrogen-bond acceptors (Lipinski definition) is 4. The summed E-state index contributed by atoms with van der Waals surface area (Å²) in [5, 5.41) is 2.83. The molecule has 0 saturated heterocycles. The van der Waals surface area contributed by atoms with Crippen LogP contribution >= 0.6 is 11.8 Å². The van der Waals surface area contributed by atoms with E-state index in [2.05, 4.69) is 22.4 Å². The third kappa shape index (κ3) is 4.42. The SMILES string of the molecule is CC(SCc1ccccc1)C(=O)Nc1ccc2oc(C(C)C)nc2c1. The van der Waals surface area contributed by atoms with Crippen LogP contribution in [0.15, 0.2) is 52.9 Å². The number of rotatable bonds is 6. The fraction of sp³-hybridized carbons (Fsp3) is 0.300. The van der Waals surface area contributed by atoms with Crippen molar-refractivity contribution in [2.45, 2.75) is 37.7 Å². The van der Waals surface area contributed by atoms with Gasteiger partial charge in [0.15, 0.2) is 11.5 Å². The molecule has 0 bridgehead atoms. The molecule has 0 saturated carbocycles. The molecule has 3 rings (SSSR count). The van der Waals surface area contributed by atoms with Crippen molar-refractivity contribution < 1.29 is 9.21 Å². The predicted octanol–water partition coefficient (Wildman–Crippen LogP) is 5.21. The molecule has 0 spiro atoms. The first-order valence-corrected chi connectivity index (χ1v) is 9.44. The third-order valence-corrected chi connectivity index (χ3v) is 5.09. The van der Waals surface area contributed by atoms with E-state index in [9.17, 15) is 4.79 Å². The van der Waals surface area contributed by atoms with Gasteiger partial charge in [-0.1, -0.05) is 44.2 Å². The normalized spacial score (nSPS) is 12.5. The van der Waals surface area contributed by atoms with Gasteiger partial charge in [-0.15, -0.1) is 11.8 Å². The molecule has 0 aliphatic rings. The quantitative estimate of drug-likeness (QED) is 0.660. The molecule has 0 radical (unpaired) electrons. The van der Waals surface area contributed by atoms with E-state index >= 15 is 0 Å². The van der Waals surface area contributed by atoms with Gasteiger partial charge in [0.2, 0.25) is 5.91 Å². The van der Waals surface area contributed by atoms with E-state index in [0.29, 0.717) is 5.89 Å². The van der Waals surface area contributed by atoms with Crippen LogP contribution in [-0.2, 0) is 10.5 Å². The largest absolute Gasteiger partial charge is 0.440 e. The summed E-state index contributed by atoms with van der Waals surface area (Å²) in [4.78, 5) is 16.9. The maximum absolute atomic E-state index is 12.4. The summed E-state index contributed by atoms with van der Waals surface area (Å²) in [6.07, 6.45) is 0. The van der Waals surface area contributed by atoms with E-state index in [1.807, 2.05) is 57.2 Å². The molecule has 4 nitrogen and oxygen atoms in total. The van der Waals surface area contributed by atoms with E-state index in [1.54, 1.807) is 11.8 Å². The Morgan fingerprint density at radius 2 is 1.92 bits per heavy atom. The molecule has 0 aliphatic carbocycles. The zero-order valence-corrected chi connectivity index (χ0v) is 15.5. The second kappa shape index (κ2) is 7.74. The van der Waals surface area contributed by atoms with Crippen molar-refractivity contribution in [1.29, 1.82) is 0 Å². The number of benzene rings is 2. The van der Waals surface area contributed by atoms with Crippen LogP contribution in [0, 0.1) is 0 Å². The highest BCUT2D eigenvalue weighted by Gasteiger charge is 2.15. The molecule has 5 heteroatoms. The first-order chi connectivity index (χ1) is 12.0. The van der Waals surface area contributed by atoms with Crippen LogP contribution in [0.5, 0.6) is 0 Å². The molecular formula is C20H22N2O2S. The van der Waals surface area contributed by atoms with Crippen LogP contribution < -0.4 is 5.32 Å². The summed E-state index contributed by atoms with van der Waals surface area (Å²) in [6, 6.07) is 15.7. The molecule has 3 aromatic rings. The van der Waals surface area contributed by atoms with Gasteiger partial charge in [-0.05, 0) is 30.7 Å². The Morgan fingerprint density at radius 1 is 1.16 bits per heavy atom. The molecule has 25 heavy (non-hydrogen) atoms. The minimum absolute atomic E-state index is 0.00661. The van der Waals surface area contributed by atoms with Crippen LogP contribution in [0.1, 0.15) is 38.1 Å². The highest BCUT2D eigenvalue weighted by atomic mass is 32.2. The Bertz CT molecular complexity index is 859. The molecule has 130 valence electrons. The van der Waals surface area contributed by atoms with Crippen molar-refractivity contribution in [3.63, 3.8) is 0 Å². The van der Waals surface area contributed by atoms with Crippen molar-refractivity contribution >= 4 is 34.5 Å². The van der Waals surface area contributed by atoms with Gasteiger partial charge in [-0.25, -0.2) is 4.98 Å². The van der Waals surface area contributed by atoms with Gasteiger partial charge < -0.3 is 9.73 Å². The lowest BCUT2D eigenvalue weighted by molar-refractivity contribution is -0.115. The van der Waals surface area contributed by atoms with Crippen LogP contribution in [0.3, 0.4) is 0 Å². The number of amides is 1. The lowest BCUT2D eigenvalue weighted by Crippen LogP contribution is -2.22. The number of hydrogen-bond donors (Lipinski definition) is 1. The Kier molecular flexibility index (Phi) is 5.43. The Morgan fingerprint density at radius 3 is 2.64 bits per heavy atom. The maximum Gasteiger partial charge on any atom is 0.237 e. The van der Waals surface area contributed by atoms with Gasteiger partial charge in [-0.2, -0.15) is 0 Å². The zero-order chi connectivity index (χ0) is 17.8. The molecule has 1 aromatic heterocycles. The topological polar surface area (TPSA) is 55.1 Å². The summed E-state index contributed by atoms with van der Waals surface area (Å²) < 4.78 is 5.70. The minimum atomic E-state index is -0.139. The van der Waals surface area contributed by atoms with Crippen molar-refractivity contribution in [2.75, 3.05) is 5.32 Å². The minimum Gasteiger partial charge on any atom is -0.440 e. The number of nitrogens with zero attached hydrogens (tertiary/aromatic N) is 1. The molecule has 0 aliphatic heterocycles. The van der Waals surface area contributed by atoms with Crippen LogP contribution in [0.2, 0.25) is 0 Å². The van der Waals surface area contributed by atoms with Gasteiger partial charge >= 0.3 is 0 Å². The fourth-order valence-corrected chi connectivity index (χ4v) is 3.23. The summed E-state index contributed by atoms with van der Waals surface area (Å²) in [6.45, 7) is 6.01. The molecule has 1 heterocycles. The zero-order valence-electron chi connectivity index (χ0n) is 14.7. The smallest absolute Gasteiger partial charge is 0.237 e. The number of carbonyl (C=O) groups excluding carboxylic acids is 1. The standard InChI is InChI=1S/C20H22N2O2S/c1-13(2)20-22-17-11-16(9-10-18(17)24-20)21-19(23)14(3)25-12-15-7-5-4-6-8-15/h4-11,13-14H,12H2,1-3H3,(H,21,23). The summed E-state index contributed by atoms with van der Waals surface area (Å²) in [7, 11) is 0. The van der Waals surface area contributed by atoms with E-state index in [-0.39, 0.29) is 17.1 Å². The average Bonchev–Trinajstić information content (AvgIpc) is 3.04. The summed E-state index contributed by atoms with van der Waals surface area (Å²) in [5.74, 6) is 1.76.